The maximum Gasteiger partial charge on any atom is 0.178 e. The van der Waals surface area contributed by atoms with Crippen molar-refractivity contribution in [3.05, 3.63) is 40.8 Å². The average molecular weight is 254 g/mol. The van der Waals surface area contributed by atoms with Gasteiger partial charge in [0.2, 0.25) is 0 Å². The topological polar surface area (TPSA) is 50.7 Å². The van der Waals surface area contributed by atoms with Gasteiger partial charge in [-0.05, 0) is 25.0 Å². The van der Waals surface area contributed by atoms with Crippen molar-refractivity contribution in [2.24, 2.45) is 0 Å². The Bertz CT molecular complexity index is 607. The molecule has 0 saturated carbocycles. The van der Waals surface area contributed by atoms with Gasteiger partial charge in [-0.25, -0.2) is 9.97 Å². The van der Waals surface area contributed by atoms with Crippen molar-refractivity contribution >= 4 is 0 Å². The summed E-state index contributed by atoms with van der Waals surface area (Å²) in [7, 11) is 0. The molecule has 3 rings (SSSR count). The molecule has 0 bridgehead atoms. The van der Waals surface area contributed by atoms with Crippen LogP contribution in [0.1, 0.15) is 35.9 Å². The summed E-state index contributed by atoms with van der Waals surface area (Å²) in [6, 6.07) is 4.00. The first-order valence-electron chi connectivity index (χ1n) is 6.81. The van der Waals surface area contributed by atoms with E-state index in [0.29, 0.717) is 0 Å². The van der Waals surface area contributed by atoms with Crippen LogP contribution < -0.4 is 5.32 Å². The summed E-state index contributed by atoms with van der Waals surface area (Å²) in [4.78, 5) is 13.9. The second-order valence-corrected chi connectivity index (χ2v) is 4.94. The van der Waals surface area contributed by atoms with E-state index < -0.39 is 0 Å². The highest BCUT2D eigenvalue weighted by Crippen LogP contribution is 2.23. The SMILES string of the molecule is CCCc1nc(-c2ncccc2C)nc2c1CNC2. The number of nitrogens with zero attached hydrogens (tertiary/aromatic N) is 3. The van der Waals surface area contributed by atoms with Gasteiger partial charge >= 0.3 is 0 Å². The lowest BCUT2D eigenvalue weighted by atomic mass is 10.1. The zero-order chi connectivity index (χ0) is 13.2. The Morgan fingerprint density at radius 1 is 1.26 bits per heavy atom. The van der Waals surface area contributed by atoms with Crippen molar-refractivity contribution in [3.8, 4) is 11.5 Å². The smallest absolute Gasteiger partial charge is 0.178 e. The summed E-state index contributed by atoms with van der Waals surface area (Å²) in [6.07, 6.45) is 3.91. The molecular formula is C15H18N4. The minimum Gasteiger partial charge on any atom is -0.307 e. The largest absolute Gasteiger partial charge is 0.307 e. The molecular weight excluding hydrogens is 236 g/mol. The Labute approximate surface area is 113 Å². The molecule has 0 fully saturated rings. The molecule has 1 N–H and O–H groups in total. The Morgan fingerprint density at radius 2 is 2.16 bits per heavy atom. The van der Waals surface area contributed by atoms with Crippen LogP contribution in [0.5, 0.6) is 0 Å². The van der Waals surface area contributed by atoms with Gasteiger partial charge < -0.3 is 5.32 Å². The van der Waals surface area contributed by atoms with Crippen molar-refractivity contribution in [1.82, 2.24) is 20.3 Å². The zero-order valence-corrected chi connectivity index (χ0v) is 11.4. The molecule has 0 spiro atoms. The molecule has 0 aliphatic carbocycles. The molecule has 2 aromatic heterocycles. The van der Waals surface area contributed by atoms with Gasteiger partial charge in [0.25, 0.3) is 0 Å². The molecule has 2 aromatic rings. The molecule has 4 heteroatoms. The van der Waals surface area contributed by atoms with E-state index in [-0.39, 0.29) is 0 Å². The highest BCUT2D eigenvalue weighted by molar-refractivity contribution is 5.55. The van der Waals surface area contributed by atoms with Gasteiger partial charge in [0, 0.05) is 30.5 Å². The second kappa shape index (κ2) is 5.05. The van der Waals surface area contributed by atoms with Crippen LogP contribution in [0.25, 0.3) is 11.5 Å². The Hall–Kier alpha value is -1.81. The first-order chi connectivity index (χ1) is 9.29. The Morgan fingerprint density at radius 3 is 2.95 bits per heavy atom. The molecule has 0 unspecified atom stereocenters. The highest BCUT2D eigenvalue weighted by atomic mass is 15.0. The molecule has 0 radical (unpaired) electrons. The number of rotatable bonds is 3. The van der Waals surface area contributed by atoms with Gasteiger partial charge in [0.15, 0.2) is 5.82 Å². The van der Waals surface area contributed by atoms with E-state index in [0.717, 1.165) is 48.7 Å². The molecule has 1 aliphatic rings. The van der Waals surface area contributed by atoms with Crippen LogP contribution in [0, 0.1) is 6.92 Å². The van der Waals surface area contributed by atoms with E-state index in [1.807, 2.05) is 6.07 Å². The number of hydrogen-bond acceptors (Lipinski definition) is 4. The van der Waals surface area contributed by atoms with Crippen molar-refractivity contribution in [1.29, 1.82) is 0 Å². The van der Waals surface area contributed by atoms with Gasteiger partial charge in [-0.3, -0.25) is 4.98 Å². The fourth-order valence-corrected chi connectivity index (χ4v) is 2.51. The van der Waals surface area contributed by atoms with Gasteiger partial charge in [0.1, 0.15) is 5.69 Å². The van der Waals surface area contributed by atoms with Crippen LogP contribution >= 0.6 is 0 Å². The third kappa shape index (κ3) is 2.24. The van der Waals surface area contributed by atoms with Crippen molar-refractivity contribution < 1.29 is 0 Å². The quantitative estimate of drug-likeness (QED) is 0.913. The second-order valence-electron chi connectivity index (χ2n) is 4.94. The minimum atomic E-state index is 0.768. The molecule has 0 atom stereocenters. The van der Waals surface area contributed by atoms with E-state index in [1.165, 1.54) is 11.3 Å². The number of pyridine rings is 1. The fourth-order valence-electron chi connectivity index (χ4n) is 2.51. The van der Waals surface area contributed by atoms with Gasteiger partial charge in [-0.1, -0.05) is 19.4 Å². The first kappa shape index (κ1) is 12.2. The van der Waals surface area contributed by atoms with E-state index in [1.54, 1.807) is 6.20 Å². The number of hydrogen-bond donors (Lipinski definition) is 1. The number of fused-ring (bicyclic) bond motifs is 1. The molecule has 0 aromatic carbocycles. The van der Waals surface area contributed by atoms with Crippen LogP contribution in [0.4, 0.5) is 0 Å². The molecule has 98 valence electrons. The third-order valence-electron chi connectivity index (χ3n) is 3.48. The molecule has 0 amide bonds. The van der Waals surface area contributed by atoms with Crippen LogP contribution in [0.3, 0.4) is 0 Å². The molecule has 0 saturated heterocycles. The predicted molar refractivity (Wildman–Crippen MR) is 74.5 cm³/mol. The third-order valence-corrected chi connectivity index (χ3v) is 3.48. The lowest BCUT2D eigenvalue weighted by Gasteiger charge is -2.09. The maximum atomic E-state index is 4.75. The number of aryl methyl sites for hydroxylation is 2. The zero-order valence-electron chi connectivity index (χ0n) is 11.4. The van der Waals surface area contributed by atoms with Gasteiger partial charge in [-0.2, -0.15) is 0 Å². The minimum absolute atomic E-state index is 0.768. The van der Waals surface area contributed by atoms with Crippen LogP contribution in [-0.4, -0.2) is 15.0 Å². The summed E-state index contributed by atoms with van der Waals surface area (Å²) >= 11 is 0. The molecule has 19 heavy (non-hydrogen) atoms. The lowest BCUT2D eigenvalue weighted by molar-refractivity contribution is 0.753. The highest BCUT2D eigenvalue weighted by Gasteiger charge is 2.19. The number of aromatic nitrogens is 3. The summed E-state index contributed by atoms with van der Waals surface area (Å²) in [6.45, 7) is 5.97. The monoisotopic (exact) mass is 254 g/mol. The average Bonchev–Trinajstić information content (AvgIpc) is 2.88. The van der Waals surface area contributed by atoms with Crippen molar-refractivity contribution in [2.75, 3.05) is 0 Å². The summed E-state index contributed by atoms with van der Waals surface area (Å²) in [5.41, 5.74) is 5.63. The normalized spacial score (nSPS) is 13.6. The van der Waals surface area contributed by atoms with Gasteiger partial charge in [0.05, 0.1) is 5.69 Å². The lowest BCUT2D eigenvalue weighted by Crippen LogP contribution is -2.05. The number of nitrogens with one attached hydrogen (secondary N) is 1. The van der Waals surface area contributed by atoms with E-state index >= 15 is 0 Å². The summed E-state index contributed by atoms with van der Waals surface area (Å²) < 4.78 is 0. The van der Waals surface area contributed by atoms with Crippen molar-refractivity contribution in [2.45, 2.75) is 39.8 Å². The standard InChI is InChI=1S/C15H18N4/c1-3-5-12-11-8-16-9-13(11)19-15(18-12)14-10(2)6-4-7-17-14/h4,6-7,16H,3,5,8-9H2,1-2H3. The predicted octanol–water partition coefficient (Wildman–Crippen LogP) is 2.40. The Balaban J connectivity index is 2.13. The van der Waals surface area contributed by atoms with E-state index in [2.05, 4.69) is 30.2 Å². The fraction of sp³-hybridized carbons (Fsp3) is 0.400. The van der Waals surface area contributed by atoms with Crippen LogP contribution in [0.15, 0.2) is 18.3 Å². The first-order valence-corrected chi connectivity index (χ1v) is 6.81. The summed E-state index contributed by atoms with van der Waals surface area (Å²) in [5.74, 6) is 0.768. The van der Waals surface area contributed by atoms with Crippen LogP contribution in [0.2, 0.25) is 0 Å². The van der Waals surface area contributed by atoms with Crippen LogP contribution in [-0.2, 0) is 19.5 Å². The molecule has 3 heterocycles. The summed E-state index contributed by atoms with van der Waals surface area (Å²) in [5, 5.41) is 3.36. The molecule has 4 nitrogen and oxygen atoms in total. The van der Waals surface area contributed by atoms with Gasteiger partial charge in [-0.15, -0.1) is 0 Å². The van der Waals surface area contributed by atoms with E-state index in [9.17, 15) is 0 Å². The maximum absolute atomic E-state index is 4.75. The van der Waals surface area contributed by atoms with E-state index in [4.69, 9.17) is 9.97 Å². The molecule has 1 aliphatic heterocycles. The van der Waals surface area contributed by atoms with Crippen molar-refractivity contribution in [3.63, 3.8) is 0 Å². The Kier molecular flexibility index (Phi) is 3.25.